The lowest BCUT2D eigenvalue weighted by Gasteiger charge is -2.03. The van der Waals surface area contributed by atoms with Gasteiger partial charge >= 0.3 is 11.9 Å². The van der Waals surface area contributed by atoms with Crippen molar-refractivity contribution in [3.8, 4) is 0 Å². The van der Waals surface area contributed by atoms with Gasteiger partial charge in [-0.1, -0.05) is 0 Å². The topological polar surface area (TPSA) is 271 Å². The normalized spacial score (nSPS) is 11.8. The van der Waals surface area contributed by atoms with Gasteiger partial charge in [0.15, 0.2) is 0 Å². The van der Waals surface area contributed by atoms with Crippen molar-refractivity contribution in [1.29, 1.82) is 0 Å². The van der Waals surface area contributed by atoms with Crippen molar-refractivity contribution >= 4 is 68.6 Å². The smallest absolute Gasteiger partial charge is 0.303 e. The Bertz CT molecular complexity index is 2030. The molecular weight excluding hydrogens is 676 g/mol. The van der Waals surface area contributed by atoms with Crippen molar-refractivity contribution < 1.29 is 49.8 Å². The molecule has 278 valence electrons. The Morgan fingerprint density at radius 1 is 0.673 bits per heavy atom. The van der Waals surface area contributed by atoms with E-state index in [0.29, 0.717) is 18.5 Å². The minimum Gasteiger partial charge on any atom is -0.481 e. The quantitative estimate of drug-likeness (QED) is 0.135. The lowest BCUT2D eigenvalue weighted by Crippen LogP contribution is -2.26. The van der Waals surface area contributed by atoms with Gasteiger partial charge in [-0.25, -0.2) is 9.97 Å². The zero-order valence-corrected chi connectivity index (χ0v) is 29.3. The van der Waals surface area contributed by atoms with Crippen molar-refractivity contribution in [2.24, 2.45) is 0 Å². The SMILES string of the molecule is CC1=Cc2cc3[nH]c(cc4nc(cc5[nH]c(cc1n2)c(C)c5CCC(=O)O)C(CCC(=O)O)=C4C)cc3C.O=C(CO)NCO.O=C(CO)NCO. The molecule has 0 unspecified atom stereocenters. The highest BCUT2D eigenvalue weighted by Crippen LogP contribution is 2.34. The van der Waals surface area contributed by atoms with Crippen LogP contribution in [0.2, 0.25) is 0 Å². The number of aromatic amines is 2. The van der Waals surface area contributed by atoms with Crippen LogP contribution in [0.1, 0.15) is 72.6 Å². The highest BCUT2D eigenvalue weighted by Gasteiger charge is 2.19. The molecule has 3 aromatic rings. The molecule has 2 amide bonds. The number of carboxylic acid groups (broad SMARTS) is 2. The van der Waals surface area contributed by atoms with Gasteiger partial charge in [0.25, 0.3) is 0 Å². The molecule has 2 aliphatic heterocycles. The Hall–Kier alpha value is -5.68. The average molecular weight is 721 g/mol. The Labute approximate surface area is 298 Å². The van der Waals surface area contributed by atoms with Crippen LogP contribution in [-0.2, 0) is 25.6 Å². The van der Waals surface area contributed by atoms with Gasteiger partial charge in [-0.2, -0.15) is 0 Å². The van der Waals surface area contributed by atoms with Crippen molar-refractivity contribution in [3.63, 3.8) is 0 Å². The number of allylic oxidation sites excluding steroid dienone is 3. The number of nitrogens with one attached hydrogen (secondary N) is 4. The third-order valence-corrected chi connectivity index (χ3v) is 8.10. The molecule has 0 radical (unpaired) electrons. The molecule has 0 aromatic carbocycles. The number of aromatic nitrogens is 4. The number of hydrogen-bond acceptors (Lipinski definition) is 10. The molecule has 0 saturated heterocycles. The monoisotopic (exact) mass is 720 g/mol. The molecule has 0 aliphatic carbocycles. The van der Waals surface area contributed by atoms with Gasteiger partial charge < -0.3 is 51.2 Å². The second-order valence-electron chi connectivity index (χ2n) is 11.8. The molecule has 0 spiro atoms. The minimum absolute atomic E-state index is 0.00160. The molecular formula is C36H44N6O10. The van der Waals surface area contributed by atoms with Crippen LogP contribution in [0.15, 0.2) is 30.3 Å². The summed E-state index contributed by atoms with van der Waals surface area (Å²) in [6.07, 6.45) is 2.74. The van der Waals surface area contributed by atoms with Gasteiger partial charge in [0.05, 0.1) is 22.8 Å². The summed E-state index contributed by atoms with van der Waals surface area (Å²) in [6, 6.07) is 9.98. The van der Waals surface area contributed by atoms with E-state index in [0.717, 1.165) is 72.6 Å². The van der Waals surface area contributed by atoms with E-state index < -0.39 is 50.4 Å². The van der Waals surface area contributed by atoms with Crippen LogP contribution < -0.4 is 10.6 Å². The average Bonchev–Trinajstić information content (AvgIpc) is 3.79. The fourth-order valence-electron chi connectivity index (χ4n) is 5.40. The van der Waals surface area contributed by atoms with E-state index in [1.807, 2.05) is 68.7 Å². The molecule has 0 fully saturated rings. The minimum atomic E-state index is -0.868. The number of H-pyrrole nitrogens is 2. The number of carboxylic acids is 2. The van der Waals surface area contributed by atoms with Crippen LogP contribution in [0.4, 0.5) is 0 Å². The lowest BCUT2D eigenvalue weighted by atomic mass is 10.0. The van der Waals surface area contributed by atoms with Crippen LogP contribution >= 0.6 is 0 Å². The van der Waals surface area contributed by atoms with E-state index in [1.165, 1.54) is 0 Å². The summed E-state index contributed by atoms with van der Waals surface area (Å²) < 4.78 is 0. The van der Waals surface area contributed by atoms with Gasteiger partial charge in [-0.15, -0.1) is 0 Å². The fourth-order valence-corrected chi connectivity index (χ4v) is 5.40. The fraction of sp³-hybridized carbons (Fsp3) is 0.333. The third-order valence-electron chi connectivity index (χ3n) is 8.10. The Kier molecular flexibility index (Phi) is 14.9. The summed E-state index contributed by atoms with van der Waals surface area (Å²) in [5, 5.41) is 54.4. The number of carbonyl (C=O) groups is 4. The van der Waals surface area contributed by atoms with Gasteiger partial charge in [0.2, 0.25) is 11.8 Å². The summed E-state index contributed by atoms with van der Waals surface area (Å²) in [6.45, 7) is 6.04. The van der Waals surface area contributed by atoms with Crippen LogP contribution in [-0.4, -0.2) is 101 Å². The zero-order chi connectivity index (χ0) is 38.5. The number of nitrogens with zero attached hydrogens (tertiary/aromatic N) is 2. The molecule has 5 rings (SSSR count). The van der Waals surface area contributed by atoms with E-state index in [-0.39, 0.29) is 12.8 Å². The first-order valence-corrected chi connectivity index (χ1v) is 16.2. The molecule has 2 aliphatic rings. The van der Waals surface area contributed by atoms with E-state index in [4.69, 9.17) is 30.4 Å². The number of aliphatic carboxylic acids is 2. The summed E-state index contributed by atoms with van der Waals surface area (Å²) in [7, 11) is 0. The summed E-state index contributed by atoms with van der Waals surface area (Å²) in [4.78, 5) is 59.3. The second-order valence-corrected chi connectivity index (χ2v) is 11.8. The summed E-state index contributed by atoms with van der Waals surface area (Å²) in [5.41, 5.74) is 12.4. The first kappa shape index (κ1) is 40.7. The largest absolute Gasteiger partial charge is 0.481 e. The Morgan fingerprint density at radius 3 is 1.83 bits per heavy atom. The number of amides is 2. The maximum Gasteiger partial charge on any atom is 0.303 e. The van der Waals surface area contributed by atoms with Crippen molar-refractivity contribution in [2.45, 2.75) is 53.4 Å². The highest BCUT2D eigenvalue weighted by atomic mass is 16.4. The number of aryl methyl sites for hydroxylation is 3. The maximum absolute atomic E-state index is 11.4. The molecule has 10 N–H and O–H groups in total. The third kappa shape index (κ3) is 11.2. The first-order chi connectivity index (χ1) is 24.7. The van der Waals surface area contributed by atoms with Gasteiger partial charge in [-0.05, 0) is 110 Å². The maximum atomic E-state index is 11.4. The molecule has 16 heteroatoms. The lowest BCUT2D eigenvalue weighted by molar-refractivity contribution is -0.137. The Morgan fingerprint density at radius 2 is 1.27 bits per heavy atom. The van der Waals surface area contributed by atoms with Gasteiger partial charge in [-0.3, -0.25) is 19.2 Å². The van der Waals surface area contributed by atoms with Gasteiger partial charge in [0.1, 0.15) is 26.7 Å². The Balaban J connectivity index is 0.000000441. The summed E-state index contributed by atoms with van der Waals surface area (Å²) in [5.74, 6) is -2.87. The molecule has 0 atom stereocenters. The number of carbonyl (C=O) groups excluding carboxylic acids is 2. The molecule has 52 heavy (non-hydrogen) atoms. The molecule has 3 aromatic heterocycles. The number of fused-ring (bicyclic) bond motifs is 8. The van der Waals surface area contributed by atoms with E-state index in [9.17, 15) is 29.4 Å². The first-order valence-electron chi connectivity index (χ1n) is 16.2. The number of aliphatic hydroxyl groups excluding tert-OH is 4. The van der Waals surface area contributed by atoms with Crippen LogP contribution in [0.5, 0.6) is 0 Å². The van der Waals surface area contributed by atoms with Crippen LogP contribution in [0, 0.1) is 13.8 Å². The molecule has 8 bridgehead atoms. The number of rotatable bonds is 10. The van der Waals surface area contributed by atoms with Gasteiger partial charge in [0, 0.05) is 34.9 Å². The standard InChI is InChI=1S/C30H30N4O4.2C3H7NO3/c1-15-9-20-12-25-17(3)21(5-7-29(35)36)27(33-25)14-28-22(6-8-30(37)38)18(4)26(34-28)13-24-16(2)10-19(32-24)11-23(15)31-20;2*5-1-3(7)4-2-6/h9-14,31,34H,5-8H2,1-4H3,(H,35,36)(H,37,38);2*5-6H,1-2H2,(H,4,7). The molecule has 5 heterocycles. The summed E-state index contributed by atoms with van der Waals surface area (Å²) >= 11 is 0. The van der Waals surface area contributed by atoms with Crippen LogP contribution in [0.25, 0.3) is 44.9 Å². The molecule has 0 saturated carbocycles. The van der Waals surface area contributed by atoms with E-state index in [1.54, 1.807) is 0 Å². The van der Waals surface area contributed by atoms with Crippen molar-refractivity contribution in [2.75, 3.05) is 26.7 Å². The van der Waals surface area contributed by atoms with E-state index >= 15 is 0 Å². The van der Waals surface area contributed by atoms with Crippen molar-refractivity contribution in [1.82, 2.24) is 30.6 Å². The van der Waals surface area contributed by atoms with Crippen LogP contribution in [0.3, 0.4) is 0 Å². The highest BCUT2D eigenvalue weighted by molar-refractivity contribution is 5.94. The number of aliphatic hydroxyl groups is 4. The van der Waals surface area contributed by atoms with Crippen molar-refractivity contribution in [3.05, 3.63) is 69.8 Å². The predicted octanol–water partition coefficient (Wildman–Crippen LogP) is 2.39. The molecule has 16 nitrogen and oxygen atoms in total. The number of hydrogen-bond donors (Lipinski definition) is 10. The zero-order valence-electron chi connectivity index (χ0n) is 29.3. The van der Waals surface area contributed by atoms with E-state index in [2.05, 4.69) is 16.0 Å². The predicted molar refractivity (Wildman–Crippen MR) is 194 cm³/mol. The second kappa shape index (κ2) is 19.1.